The van der Waals surface area contributed by atoms with Gasteiger partial charge in [0.25, 0.3) is 11.1 Å². The van der Waals surface area contributed by atoms with Gasteiger partial charge < -0.3 is 9.64 Å². The third-order valence-corrected chi connectivity index (χ3v) is 5.58. The molecule has 2 heterocycles. The van der Waals surface area contributed by atoms with Crippen molar-refractivity contribution >= 4 is 46.5 Å². The van der Waals surface area contributed by atoms with Gasteiger partial charge in [-0.15, -0.1) is 0 Å². The smallest absolute Gasteiger partial charge is 0.294 e. The monoisotopic (exact) mass is 408 g/mol. The van der Waals surface area contributed by atoms with Crippen LogP contribution in [0.15, 0.2) is 23.1 Å². The number of likely N-dealkylation sites (tertiary alicyclic amines) is 1. The van der Waals surface area contributed by atoms with Crippen molar-refractivity contribution in [2.75, 3.05) is 26.2 Å². The highest BCUT2D eigenvalue weighted by molar-refractivity contribution is 8.18. The van der Waals surface area contributed by atoms with E-state index in [1.807, 2.05) is 6.92 Å². The van der Waals surface area contributed by atoms with E-state index in [9.17, 15) is 14.4 Å². The maximum Gasteiger partial charge on any atom is 0.294 e. The Morgan fingerprint density at radius 3 is 2.70 bits per heavy atom. The summed E-state index contributed by atoms with van der Waals surface area (Å²) in [6.07, 6.45) is 4.62. The number of carbonyl (C=O) groups is 3. The second kappa shape index (κ2) is 8.80. The van der Waals surface area contributed by atoms with Crippen molar-refractivity contribution in [3.63, 3.8) is 0 Å². The van der Waals surface area contributed by atoms with Crippen molar-refractivity contribution < 1.29 is 19.1 Å². The molecule has 144 valence electrons. The van der Waals surface area contributed by atoms with Gasteiger partial charge in [0.2, 0.25) is 5.91 Å². The van der Waals surface area contributed by atoms with E-state index >= 15 is 0 Å². The van der Waals surface area contributed by atoms with Crippen molar-refractivity contribution in [3.05, 3.63) is 33.7 Å². The molecule has 0 aliphatic carbocycles. The van der Waals surface area contributed by atoms with Gasteiger partial charge in [-0.25, -0.2) is 0 Å². The molecular formula is C19H21ClN2O4S. The quantitative estimate of drug-likeness (QED) is 0.693. The molecule has 0 unspecified atom stereocenters. The number of hydrogen-bond acceptors (Lipinski definition) is 5. The maximum absolute atomic E-state index is 12.7. The van der Waals surface area contributed by atoms with E-state index < -0.39 is 11.1 Å². The summed E-state index contributed by atoms with van der Waals surface area (Å²) in [6.45, 7) is 3.48. The molecular weight excluding hydrogens is 388 g/mol. The molecule has 2 fully saturated rings. The number of ether oxygens (including phenoxy) is 1. The van der Waals surface area contributed by atoms with Crippen LogP contribution in [0.1, 0.15) is 31.7 Å². The molecule has 3 rings (SSSR count). The first-order valence-corrected chi connectivity index (χ1v) is 10.1. The van der Waals surface area contributed by atoms with Crippen molar-refractivity contribution in [1.29, 1.82) is 0 Å². The molecule has 1 aromatic carbocycles. The van der Waals surface area contributed by atoms with Crippen LogP contribution in [0.3, 0.4) is 0 Å². The Bertz CT molecular complexity index is 790. The lowest BCUT2D eigenvalue weighted by Gasteiger charge is -2.27. The SMILES string of the molecule is CCOc1ccc(Cl)cc1/C=C1/SC(=O)N(CC(=O)N2CCCCC2)C1=O. The number of hydrogen-bond donors (Lipinski definition) is 0. The molecule has 0 aromatic heterocycles. The van der Waals surface area contributed by atoms with E-state index in [4.69, 9.17) is 16.3 Å². The molecule has 6 nitrogen and oxygen atoms in total. The Balaban J connectivity index is 1.76. The fraction of sp³-hybridized carbons (Fsp3) is 0.421. The van der Waals surface area contributed by atoms with E-state index in [0.29, 0.717) is 36.0 Å². The number of rotatable bonds is 5. The van der Waals surface area contributed by atoms with Gasteiger partial charge in [-0.2, -0.15) is 0 Å². The molecule has 2 aliphatic heterocycles. The minimum Gasteiger partial charge on any atom is -0.493 e. The number of imide groups is 1. The Morgan fingerprint density at radius 2 is 2.00 bits per heavy atom. The van der Waals surface area contributed by atoms with Crippen LogP contribution in [-0.4, -0.2) is 53.1 Å². The fourth-order valence-corrected chi connectivity index (χ4v) is 4.08. The Morgan fingerprint density at radius 1 is 1.26 bits per heavy atom. The predicted octanol–water partition coefficient (Wildman–Crippen LogP) is 3.79. The first-order valence-electron chi connectivity index (χ1n) is 8.95. The first-order chi connectivity index (χ1) is 13.0. The van der Waals surface area contributed by atoms with Crippen LogP contribution in [0.5, 0.6) is 5.75 Å². The van der Waals surface area contributed by atoms with Gasteiger partial charge in [0.15, 0.2) is 0 Å². The number of piperidine rings is 1. The average molecular weight is 409 g/mol. The topological polar surface area (TPSA) is 66.9 Å². The summed E-state index contributed by atoms with van der Waals surface area (Å²) in [5, 5.41) is 0.0702. The van der Waals surface area contributed by atoms with Crippen molar-refractivity contribution in [1.82, 2.24) is 9.80 Å². The zero-order valence-corrected chi connectivity index (χ0v) is 16.6. The number of halogens is 1. The van der Waals surface area contributed by atoms with Crippen LogP contribution in [0, 0.1) is 0 Å². The van der Waals surface area contributed by atoms with E-state index in [1.165, 1.54) is 0 Å². The van der Waals surface area contributed by atoms with Gasteiger partial charge in [-0.1, -0.05) is 11.6 Å². The summed E-state index contributed by atoms with van der Waals surface area (Å²) >= 11 is 6.87. The zero-order valence-electron chi connectivity index (χ0n) is 15.1. The molecule has 0 atom stereocenters. The lowest BCUT2D eigenvalue weighted by molar-refractivity contribution is -0.136. The van der Waals surface area contributed by atoms with Gasteiger partial charge in [0.05, 0.1) is 11.5 Å². The van der Waals surface area contributed by atoms with Gasteiger partial charge >= 0.3 is 0 Å². The van der Waals surface area contributed by atoms with Gasteiger partial charge in [-0.05, 0) is 62.2 Å². The minimum absolute atomic E-state index is 0.184. The van der Waals surface area contributed by atoms with Crippen LogP contribution in [0.2, 0.25) is 5.02 Å². The third-order valence-electron chi connectivity index (χ3n) is 4.43. The molecule has 2 aliphatic rings. The molecule has 0 N–H and O–H groups in total. The average Bonchev–Trinajstić information content (AvgIpc) is 2.92. The van der Waals surface area contributed by atoms with E-state index in [1.54, 1.807) is 29.2 Å². The standard InChI is InChI=1S/C19H21ClN2O4S/c1-2-26-15-7-6-14(20)10-13(15)11-16-18(24)22(19(25)27-16)12-17(23)21-8-4-3-5-9-21/h6-7,10-11H,2-5,8-9,12H2,1H3/b16-11+. The minimum atomic E-state index is -0.460. The Labute approximate surface area is 167 Å². The summed E-state index contributed by atoms with van der Waals surface area (Å²) < 4.78 is 5.55. The zero-order chi connectivity index (χ0) is 19.4. The third kappa shape index (κ3) is 4.65. The number of amides is 3. The van der Waals surface area contributed by atoms with Crippen LogP contribution < -0.4 is 4.74 Å². The summed E-state index contributed by atoms with van der Waals surface area (Å²) in [4.78, 5) is 40.3. The van der Waals surface area contributed by atoms with Gasteiger partial charge in [0.1, 0.15) is 12.3 Å². The molecule has 3 amide bonds. The van der Waals surface area contributed by atoms with Crippen LogP contribution in [-0.2, 0) is 9.59 Å². The highest BCUT2D eigenvalue weighted by Crippen LogP contribution is 2.34. The highest BCUT2D eigenvalue weighted by atomic mass is 35.5. The van der Waals surface area contributed by atoms with Crippen LogP contribution in [0.4, 0.5) is 4.79 Å². The van der Waals surface area contributed by atoms with Crippen LogP contribution in [0.25, 0.3) is 6.08 Å². The molecule has 1 aromatic rings. The second-order valence-corrected chi connectivity index (χ2v) is 7.75. The number of carbonyl (C=O) groups excluding carboxylic acids is 3. The summed E-state index contributed by atoms with van der Waals surface area (Å²) in [7, 11) is 0. The number of thioether (sulfide) groups is 1. The van der Waals surface area contributed by atoms with E-state index in [0.717, 1.165) is 35.9 Å². The van der Waals surface area contributed by atoms with Gasteiger partial charge in [-0.3, -0.25) is 19.3 Å². The molecule has 0 bridgehead atoms. The first kappa shape index (κ1) is 19.8. The van der Waals surface area contributed by atoms with Gasteiger partial charge in [0, 0.05) is 23.7 Å². The molecule has 8 heteroatoms. The van der Waals surface area contributed by atoms with Crippen molar-refractivity contribution in [2.24, 2.45) is 0 Å². The number of nitrogens with zero attached hydrogens (tertiary/aromatic N) is 2. The van der Waals surface area contributed by atoms with Crippen LogP contribution >= 0.6 is 23.4 Å². The van der Waals surface area contributed by atoms with E-state index in [-0.39, 0.29) is 17.4 Å². The molecule has 0 radical (unpaired) electrons. The molecule has 0 saturated carbocycles. The normalized spacial score (nSPS) is 19.1. The summed E-state index contributed by atoms with van der Waals surface area (Å²) in [5.74, 6) is -0.0631. The fourth-order valence-electron chi connectivity index (χ4n) is 3.08. The summed E-state index contributed by atoms with van der Waals surface area (Å²) in [6, 6.07) is 5.11. The van der Waals surface area contributed by atoms with Crippen molar-refractivity contribution in [2.45, 2.75) is 26.2 Å². The Kier molecular flexibility index (Phi) is 6.44. The van der Waals surface area contributed by atoms with E-state index in [2.05, 4.69) is 0 Å². The molecule has 2 saturated heterocycles. The Hall–Kier alpha value is -1.99. The molecule has 0 spiro atoms. The predicted molar refractivity (Wildman–Crippen MR) is 106 cm³/mol. The summed E-state index contributed by atoms with van der Waals surface area (Å²) in [5.41, 5.74) is 0.622. The number of benzene rings is 1. The molecule has 27 heavy (non-hydrogen) atoms. The maximum atomic E-state index is 12.7. The lowest BCUT2D eigenvalue weighted by Crippen LogP contribution is -2.44. The highest BCUT2D eigenvalue weighted by Gasteiger charge is 2.37. The lowest BCUT2D eigenvalue weighted by atomic mass is 10.1. The second-order valence-electron chi connectivity index (χ2n) is 6.32. The van der Waals surface area contributed by atoms with Crippen molar-refractivity contribution in [3.8, 4) is 5.75 Å². The largest absolute Gasteiger partial charge is 0.493 e.